The van der Waals surface area contributed by atoms with Crippen molar-refractivity contribution in [2.45, 2.75) is 51.7 Å². The van der Waals surface area contributed by atoms with E-state index in [1.165, 1.54) is 11.5 Å². The number of nitrogens with zero attached hydrogens (tertiary/aromatic N) is 4. The molecule has 1 aliphatic carbocycles. The summed E-state index contributed by atoms with van der Waals surface area (Å²) in [5.74, 6) is 1.03. The minimum Gasteiger partial charge on any atom is -0.473 e. The number of pyridine rings is 1. The molecule has 0 radical (unpaired) electrons. The molecule has 0 amide bonds. The average Bonchev–Trinajstić information content (AvgIpc) is 3.02. The number of ether oxygens (including phenoxy) is 1. The minimum atomic E-state index is 0.119. The largest absolute Gasteiger partial charge is 0.473 e. The van der Waals surface area contributed by atoms with Crippen LogP contribution >= 0.6 is 11.5 Å². The third kappa shape index (κ3) is 3.76. The lowest BCUT2D eigenvalue weighted by Crippen LogP contribution is -2.32. The third-order valence-electron chi connectivity index (χ3n) is 4.51. The molecular formula is C18H22N6OS. The number of nitrogens with two attached hydrogens (primary N) is 1. The van der Waals surface area contributed by atoms with Crippen LogP contribution in [0, 0.1) is 13.8 Å². The van der Waals surface area contributed by atoms with Crippen molar-refractivity contribution in [3.8, 4) is 5.88 Å². The maximum absolute atomic E-state index is 6.23. The Kier molecular flexibility index (Phi) is 4.69. The van der Waals surface area contributed by atoms with Crippen LogP contribution in [0.1, 0.15) is 37.1 Å². The van der Waals surface area contributed by atoms with E-state index in [9.17, 15) is 0 Å². The Morgan fingerprint density at radius 2 is 1.88 bits per heavy atom. The number of fused-ring (bicyclic) bond motifs is 1. The summed E-state index contributed by atoms with van der Waals surface area (Å²) in [5, 5.41) is 4.12. The Labute approximate surface area is 156 Å². The van der Waals surface area contributed by atoms with Crippen LogP contribution in [0.25, 0.3) is 11.0 Å². The van der Waals surface area contributed by atoms with Crippen LogP contribution in [0.3, 0.4) is 0 Å². The van der Waals surface area contributed by atoms with Gasteiger partial charge in [0, 0.05) is 11.7 Å². The van der Waals surface area contributed by atoms with Crippen molar-refractivity contribution in [3.63, 3.8) is 0 Å². The molecule has 3 heterocycles. The zero-order valence-corrected chi connectivity index (χ0v) is 15.7. The van der Waals surface area contributed by atoms with E-state index in [1.807, 2.05) is 32.0 Å². The fourth-order valence-corrected chi connectivity index (χ4v) is 3.78. The summed E-state index contributed by atoms with van der Waals surface area (Å²) >= 11 is 1.38. The smallest absolute Gasteiger partial charge is 0.245 e. The molecule has 3 N–H and O–H groups in total. The molecule has 8 heteroatoms. The predicted molar refractivity (Wildman–Crippen MR) is 103 cm³/mol. The molecule has 0 aliphatic heterocycles. The van der Waals surface area contributed by atoms with Gasteiger partial charge in [-0.25, -0.2) is 9.97 Å². The van der Waals surface area contributed by atoms with Crippen LogP contribution in [-0.2, 0) is 0 Å². The van der Waals surface area contributed by atoms with Crippen LogP contribution in [0.2, 0.25) is 0 Å². The maximum atomic E-state index is 6.23. The first-order valence-electron chi connectivity index (χ1n) is 8.85. The molecule has 1 fully saturated rings. The van der Waals surface area contributed by atoms with Gasteiger partial charge < -0.3 is 15.8 Å². The van der Waals surface area contributed by atoms with Gasteiger partial charge in [0.1, 0.15) is 11.1 Å². The molecule has 0 aromatic carbocycles. The van der Waals surface area contributed by atoms with Crippen LogP contribution in [0.4, 0.5) is 10.9 Å². The average molecular weight is 370 g/mol. The highest BCUT2D eigenvalue weighted by atomic mass is 32.1. The molecule has 0 saturated heterocycles. The van der Waals surface area contributed by atoms with Crippen molar-refractivity contribution in [2.24, 2.45) is 5.73 Å². The Morgan fingerprint density at radius 1 is 1.08 bits per heavy atom. The lowest BCUT2D eigenvalue weighted by molar-refractivity contribution is 0.143. The van der Waals surface area contributed by atoms with Gasteiger partial charge in [0.25, 0.3) is 0 Å². The van der Waals surface area contributed by atoms with Gasteiger partial charge in [-0.15, -0.1) is 0 Å². The normalized spacial score (nSPS) is 20.3. The maximum Gasteiger partial charge on any atom is 0.245 e. The van der Waals surface area contributed by atoms with E-state index in [1.54, 1.807) is 0 Å². The standard InChI is InChI=1S/C18H22N6OS/c1-10-3-8-14-16(20-10)17(25-13-6-4-12(19)5-7-13)23-18(21-14)22-15-9-11(2)24-26-15/h3,8-9,12-13H,4-7,19H2,1-2H3,(H,21,22,23). The zero-order chi connectivity index (χ0) is 18.1. The number of aromatic nitrogens is 4. The van der Waals surface area contributed by atoms with Crippen molar-refractivity contribution in [1.29, 1.82) is 0 Å². The van der Waals surface area contributed by atoms with Gasteiger partial charge >= 0.3 is 0 Å². The molecule has 0 spiro atoms. The summed E-state index contributed by atoms with van der Waals surface area (Å²) in [5.41, 5.74) is 9.34. The molecule has 1 aliphatic rings. The molecule has 26 heavy (non-hydrogen) atoms. The van der Waals surface area contributed by atoms with Crippen LogP contribution in [0.15, 0.2) is 18.2 Å². The van der Waals surface area contributed by atoms with E-state index in [-0.39, 0.29) is 12.1 Å². The Hall–Kier alpha value is -2.32. The van der Waals surface area contributed by atoms with Gasteiger partial charge in [0.15, 0.2) is 5.52 Å². The highest BCUT2D eigenvalue weighted by Crippen LogP contribution is 2.29. The highest BCUT2D eigenvalue weighted by Gasteiger charge is 2.22. The number of hydrogen-bond acceptors (Lipinski definition) is 8. The van der Waals surface area contributed by atoms with Crippen LogP contribution in [0.5, 0.6) is 5.88 Å². The lowest BCUT2D eigenvalue weighted by atomic mass is 9.94. The lowest BCUT2D eigenvalue weighted by Gasteiger charge is -2.26. The van der Waals surface area contributed by atoms with Gasteiger partial charge in [-0.05, 0) is 69.3 Å². The van der Waals surface area contributed by atoms with E-state index in [0.29, 0.717) is 17.3 Å². The number of nitrogens with one attached hydrogen (secondary N) is 1. The summed E-state index contributed by atoms with van der Waals surface area (Å²) in [6, 6.07) is 6.14. The van der Waals surface area contributed by atoms with E-state index >= 15 is 0 Å². The first-order chi connectivity index (χ1) is 12.6. The fourth-order valence-electron chi connectivity index (χ4n) is 3.12. The number of rotatable bonds is 4. The first kappa shape index (κ1) is 17.1. The van der Waals surface area contributed by atoms with Crippen molar-refractivity contribution in [3.05, 3.63) is 29.6 Å². The van der Waals surface area contributed by atoms with Gasteiger partial charge in [-0.3, -0.25) is 0 Å². The number of aryl methyl sites for hydroxylation is 2. The minimum absolute atomic E-state index is 0.119. The Morgan fingerprint density at radius 3 is 2.62 bits per heavy atom. The molecule has 1 saturated carbocycles. The SMILES string of the molecule is Cc1cc(Nc2nc(OC3CCC(N)CC3)c3nc(C)ccc3n2)sn1. The van der Waals surface area contributed by atoms with Crippen molar-refractivity contribution in [1.82, 2.24) is 19.3 Å². The second kappa shape index (κ2) is 7.13. The monoisotopic (exact) mass is 370 g/mol. The molecule has 7 nitrogen and oxygen atoms in total. The van der Waals surface area contributed by atoms with Gasteiger partial charge in [-0.1, -0.05) is 0 Å². The molecular weight excluding hydrogens is 348 g/mol. The summed E-state index contributed by atoms with van der Waals surface area (Å²) in [6.45, 7) is 3.91. The summed E-state index contributed by atoms with van der Waals surface area (Å²) in [4.78, 5) is 13.8. The van der Waals surface area contributed by atoms with Crippen LogP contribution in [-0.4, -0.2) is 31.5 Å². The summed E-state index contributed by atoms with van der Waals surface area (Å²) < 4.78 is 10.5. The summed E-state index contributed by atoms with van der Waals surface area (Å²) in [6.07, 6.45) is 3.95. The third-order valence-corrected chi connectivity index (χ3v) is 5.31. The Balaban J connectivity index is 1.67. The van der Waals surface area contributed by atoms with E-state index in [4.69, 9.17) is 10.5 Å². The highest BCUT2D eigenvalue weighted by molar-refractivity contribution is 7.10. The topological polar surface area (TPSA) is 98.8 Å². The van der Waals surface area contributed by atoms with Gasteiger partial charge in [-0.2, -0.15) is 9.36 Å². The molecule has 3 aromatic rings. The summed E-state index contributed by atoms with van der Waals surface area (Å²) in [7, 11) is 0. The van der Waals surface area contributed by atoms with E-state index in [2.05, 4.69) is 24.6 Å². The first-order valence-corrected chi connectivity index (χ1v) is 9.62. The van der Waals surface area contributed by atoms with Crippen LogP contribution < -0.4 is 15.8 Å². The Bertz CT molecular complexity index is 919. The number of hydrogen-bond donors (Lipinski definition) is 2. The fraction of sp³-hybridized carbons (Fsp3) is 0.444. The second-order valence-corrected chi connectivity index (χ2v) is 7.59. The molecule has 0 bridgehead atoms. The molecule has 0 atom stereocenters. The second-order valence-electron chi connectivity index (χ2n) is 6.78. The van der Waals surface area contributed by atoms with Gasteiger partial charge in [0.05, 0.1) is 11.2 Å². The van der Waals surface area contributed by atoms with E-state index in [0.717, 1.165) is 47.6 Å². The molecule has 136 valence electrons. The quantitative estimate of drug-likeness (QED) is 0.725. The predicted octanol–water partition coefficient (Wildman–Crippen LogP) is 3.49. The number of anilines is 2. The molecule has 0 unspecified atom stereocenters. The van der Waals surface area contributed by atoms with Crippen molar-refractivity contribution in [2.75, 3.05) is 5.32 Å². The zero-order valence-electron chi connectivity index (χ0n) is 14.9. The van der Waals surface area contributed by atoms with Crippen molar-refractivity contribution >= 4 is 33.5 Å². The van der Waals surface area contributed by atoms with Gasteiger partial charge in [0.2, 0.25) is 11.8 Å². The molecule has 4 rings (SSSR count). The molecule has 3 aromatic heterocycles. The van der Waals surface area contributed by atoms with E-state index < -0.39 is 0 Å². The van der Waals surface area contributed by atoms with Crippen molar-refractivity contribution < 1.29 is 4.74 Å².